The van der Waals surface area contributed by atoms with E-state index in [4.69, 9.17) is 9.73 Å². The third kappa shape index (κ3) is 7.03. The van der Waals surface area contributed by atoms with Gasteiger partial charge in [-0.1, -0.05) is 0 Å². The fourth-order valence-corrected chi connectivity index (χ4v) is 3.94. The van der Waals surface area contributed by atoms with Gasteiger partial charge in [0.2, 0.25) is 11.9 Å². The van der Waals surface area contributed by atoms with Gasteiger partial charge in [0.1, 0.15) is 0 Å². The van der Waals surface area contributed by atoms with Crippen LogP contribution >= 0.6 is 0 Å². The van der Waals surface area contributed by atoms with Crippen molar-refractivity contribution < 1.29 is 9.53 Å². The number of morpholine rings is 1. The quantitative estimate of drug-likeness (QED) is 0.431. The molecule has 0 unspecified atom stereocenters. The van der Waals surface area contributed by atoms with Gasteiger partial charge in [-0.3, -0.25) is 14.7 Å². The Hall–Kier alpha value is -2.46. The topological polar surface area (TPSA) is 98.2 Å². The first-order valence-corrected chi connectivity index (χ1v) is 11.6. The molecule has 1 aromatic rings. The van der Waals surface area contributed by atoms with Gasteiger partial charge in [-0.05, 0) is 26.8 Å². The fraction of sp³-hybridized carbons (Fsp3) is 0.727. The molecule has 1 aromatic heterocycles. The largest absolute Gasteiger partial charge is 0.379 e. The molecule has 3 heterocycles. The Bertz CT molecular complexity index is 729. The molecule has 0 radical (unpaired) electrons. The molecule has 0 saturated carbocycles. The Morgan fingerprint density at radius 3 is 2.44 bits per heavy atom. The zero-order valence-corrected chi connectivity index (χ0v) is 19.7. The number of hydrogen-bond acceptors (Lipinski definition) is 7. The number of carbonyl (C=O) groups excluding carboxylic acids is 1. The second kappa shape index (κ2) is 12.0. The van der Waals surface area contributed by atoms with Crippen LogP contribution in [0.2, 0.25) is 0 Å². The van der Waals surface area contributed by atoms with Crippen LogP contribution in [0.15, 0.2) is 23.5 Å². The molecule has 0 aromatic carbocycles. The molecule has 10 nitrogen and oxygen atoms in total. The van der Waals surface area contributed by atoms with Crippen molar-refractivity contribution in [3.8, 4) is 0 Å². The van der Waals surface area contributed by atoms with Crippen molar-refractivity contribution >= 4 is 17.8 Å². The molecular formula is C22H38N8O2. The summed E-state index contributed by atoms with van der Waals surface area (Å²) in [6.45, 7) is 14.8. The maximum absolute atomic E-state index is 12.7. The molecule has 2 aliphatic rings. The van der Waals surface area contributed by atoms with E-state index in [1.54, 1.807) is 12.4 Å². The zero-order valence-electron chi connectivity index (χ0n) is 19.7. The Morgan fingerprint density at radius 1 is 1.09 bits per heavy atom. The summed E-state index contributed by atoms with van der Waals surface area (Å²) >= 11 is 0. The monoisotopic (exact) mass is 446 g/mol. The van der Waals surface area contributed by atoms with Crippen LogP contribution in [0, 0.1) is 0 Å². The van der Waals surface area contributed by atoms with Crippen molar-refractivity contribution in [2.45, 2.75) is 32.7 Å². The van der Waals surface area contributed by atoms with Crippen LogP contribution in [0.3, 0.4) is 0 Å². The lowest BCUT2D eigenvalue weighted by atomic mass is 10.0. The van der Waals surface area contributed by atoms with E-state index in [2.05, 4.69) is 44.2 Å². The zero-order chi connectivity index (χ0) is 22.8. The number of nitrogens with one attached hydrogen (secondary N) is 2. The predicted molar refractivity (Wildman–Crippen MR) is 126 cm³/mol. The highest BCUT2D eigenvalue weighted by molar-refractivity contribution is 5.81. The number of ether oxygens (including phenoxy) is 1. The van der Waals surface area contributed by atoms with Crippen molar-refractivity contribution in [1.82, 2.24) is 30.4 Å². The molecule has 178 valence electrons. The molecule has 0 spiro atoms. The minimum absolute atomic E-state index is 0.0376. The van der Waals surface area contributed by atoms with Gasteiger partial charge in [-0.25, -0.2) is 9.97 Å². The molecule has 3 rings (SSSR count). The number of piperazine rings is 1. The molecule has 0 atom stereocenters. The Balaban J connectivity index is 1.41. The van der Waals surface area contributed by atoms with Crippen molar-refractivity contribution in [3.05, 3.63) is 18.5 Å². The average molecular weight is 447 g/mol. The van der Waals surface area contributed by atoms with E-state index < -0.39 is 0 Å². The van der Waals surface area contributed by atoms with E-state index in [-0.39, 0.29) is 11.4 Å². The molecular weight excluding hydrogens is 408 g/mol. The summed E-state index contributed by atoms with van der Waals surface area (Å²) in [6.07, 6.45) is 3.94. The second-order valence-corrected chi connectivity index (χ2v) is 8.70. The SMILES string of the molecule is CCNC(=NCC(C)(C)N1CCOCC1)NCCC(=O)N1CCN(c2ncccn2)CC1. The van der Waals surface area contributed by atoms with Crippen LogP contribution in [0.4, 0.5) is 5.95 Å². The molecule has 32 heavy (non-hydrogen) atoms. The first kappa shape index (κ1) is 24.2. The van der Waals surface area contributed by atoms with Crippen molar-refractivity contribution in [3.63, 3.8) is 0 Å². The number of anilines is 1. The first-order chi connectivity index (χ1) is 15.5. The smallest absolute Gasteiger partial charge is 0.225 e. The van der Waals surface area contributed by atoms with E-state index in [9.17, 15) is 4.79 Å². The number of guanidine groups is 1. The number of hydrogen-bond donors (Lipinski definition) is 2. The van der Waals surface area contributed by atoms with Crippen LogP contribution in [0.25, 0.3) is 0 Å². The Labute approximate surface area is 191 Å². The third-order valence-corrected chi connectivity index (χ3v) is 5.93. The minimum Gasteiger partial charge on any atom is -0.379 e. The molecule has 10 heteroatoms. The molecule has 0 bridgehead atoms. The standard InChI is InChI=1S/C22H38N8O2/c1-4-23-20(27-18-22(2,3)30-14-16-32-17-15-30)24-9-6-19(31)28-10-12-29(13-11-28)21-25-7-5-8-26-21/h5,7-8H,4,6,9-18H2,1-3H3,(H2,23,24,27). The van der Waals surface area contributed by atoms with Crippen LogP contribution in [0.5, 0.6) is 0 Å². The van der Waals surface area contributed by atoms with Gasteiger partial charge in [0.05, 0.1) is 19.8 Å². The van der Waals surface area contributed by atoms with Crippen molar-refractivity contribution in [1.29, 1.82) is 0 Å². The van der Waals surface area contributed by atoms with Gasteiger partial charge in [-0.15, -0.1) is 0 Å². The lowest BCUT2D eigenvalue weighted by Gasteiger charge is -2.39. The summed E-state index contributed by atoms with van der Waals surface area (Å²) < 4.78 is 5.47. The Morgan fingerprint density at radius 2 is 1.78 bits per heavy atom. The Kier molecular flexibility index (Phi) is 9.04. The van der Waals surface area contributed by atoms with Gasteiger partial charge in [0.25, 0.3) is 0 Å². The van der Waals surface area contributed by atoms with Gasteiger partial charge >= 0.3 is 0 Å². The number of aromatic nitrogens is 2. The predicted octanol–water partition coefficient (Wildman–Crippen LogP) is 0.181. The van der Waals surface area contributed by atoms with Crippen LogP contribution < -0.4 is 15.5 Å². The van der Waals surface area contributed by atoms with E-state index in [0.29, 0.717) is 32.6 Å². The van der Waals surface area contributed by atoms with Crippen LogP contribution in [-0.2, 0) is 9.53 Å². The average Bonchev–Trinajstić information content (AvgIpc) is 2.83. The summed E-state index contributed by atoms with van der Waals surface area (Å²) in [5, 5.41) is 6.60. The van der Waals surface area contributed by atoms with E-state index >= 15 is 0 Å². The second-order valence-electron chi connectivity index (χ2n) is 8.70. The first-order valence-electron chi connectivity index (χ1n) is 11.6. The van der Waals surface area contributed by atoms with Crippen LogP contribution in [-0.4, -0.2) is 109 Å². The van der Waals surface area contributed by atoms with E-state index in [1.165, 1.54) is 0 Å². The molecule has 1 amide bonds. The number of amides is 1. The lowest BCUT2D eigenvalue weighted by Crippen LogP contribution is -2.52. The van der Waals surface area contributed by atoms with Gasteiger partial charge in [-0.2, -0.15) is 0 Å². The van der Waals surface area contributed by atoms with E-state index in [0.717, 1.165) is 57.8 Å². The highest BCUT2D eigenvalue weighted by Crippen LogP contribution is 2.16. The summed E-state index contributed by atoms with van der Waals surface area (Å²) in [6, 6.07) is 1.81. The van der Waals surface area contributed by atoms with Crippen molar-refractivity contribution in [2.24, 2.45) is 4.99 Å². The number of carbonyl (C=O) groups is 1. The molecule has 0 aliphatic carbocycles. The van der Waals surface area contributed by atoms with Gasteiger partial charge < -0.3 is 25.2 Å². The lowest BCUT2D eigenvalue weighted by molar-refractivity contribution is -0.131. The normalized spacial score (nSPS) is 18.5. The molecule has 2 aliphatic heterocycles. The maximum Gasteiger partial charge on any atom is 0.225 e. The third-order valence-electron chi connectivity index (χ3n) is 5.93. The maximum atomic E-state index is 12.7. The molecule has 2 saturated heterocycles. The summed E-state index contributed by atoms with van der Waals surface area (Å²) in [4.78, 5) is 32.5. The van der Waals surface area contributed by atoms with Gasteiger partial charge in [0.15, 0.2) is 5.96 Å². The molecule has 2 fully saturated rings. The highest BCUT2D eigenvalue weighted by atomic mass is 16.5. The minimum atomic E-state index is -0.0376. The fourth-order valence-electron chi connectivity index (χ4n) is 3.94. The number of aliphatic imine (C=N–C) groups is 1. The van der Waals surface area contributed by atoms with Crippen LogP contribution in [0.1, 0.15) is 27.2 Å². The molecule has 2 N–H and O–H groups in total. The van der Waals surface area contributed by atoms with Crippen molar-refractivity contribution in [2.75, 3.05) is 77.0 Å². The van der Waals surface area contributed by atoms with Gasteiger partial charge in [0, 0.05) is 76.7 Å². The highest BCUT2D eigenvalue weighted by Gasteiger charge is 2.28. The number of nitrogens with zero attached hydrogens (tertiary/aromatic N) is 6. The summed E-state index contributed by atoms with van der Waals surface area (Å²) in [7, 11) is 0. The van der Waals surface area contributed by atoms with E-state index in [1.807, 2.05) is 17.9 Å². The summed E-state index contributed by atoms with van der Waals surface area (Å²) in [5.74, 6) is 1.65. The number of rotatable bonds is 8. The summed E-state index contributed by atoms with van der Waals surface area (Å²) in [5.41, 5.74) is -0.0376.